The lowest BCUT2D eigenvalue weighted by atomic mass is 10.1. The van der Waals surface area contributed by atoms with E-state index in [1.54, 1.807) is 0 Å². The monoisotopic (exact) mass is 217 g/mol. The van der Waals surface area contributed by atoms with Crippen LogP contribution in [0.3, 0.4) is 0 Å². The Morgan fingerprint density at radius 2 is 2.19 bits per heavy atom. The number of hydrogen-bond acceptors (Lipinski definition) is 1. The van der Waals surface area contributed by atoms with E-state index in [9.17, 15) is 4.79 Å². The van der Waals surface area contributed by atoms with Crippen LogP contribution in [0.4, 0.5) is 0 Å². The molecule has 0 radical (unpaired) electrons. The molecule has 1 amide bonds. The van der Waals surface area contributed by atoms with E-state index < -0.39 is 0 Å². The number of hydrogen-bond donors (Lipinski definition) is 0. The normalized spacial score (nSPS) is 14.9. The number of aryl methyl sites for hydroxylation is 2. The fourth-order valence-electron chi connectivity index (χ4n) is 1.96. The van der Waals surface area contributed by atoms with Crippen LogP contribution in [0.1, 0.15) is 30.4 Å². The summed E-state index contributed by atoms with van der Waals surface area (Å²) in [4.78, 5) is 13.7. The van der Waals surface area contributed by atoms with Gasteiger partial charge in [0.05, 0.1) is 0 Å². The molecule has 1 saturated carbocycles. The minimum Gasteiger partial charge on any atom is -0.343 e. The topological polar surface area (TPSA) is 20.3 Å². The Kier molecular flexibility index (Phi) is 3.28. The lowest BCUT2D eigenvalue weighted by molar-refractivity contribution is -0.130. The van der Waals surface area contributed by atoms with Crippen molar-refractivity contribution < 1.29 is 4.79 Å². The smallest absolute Gasteiger partial charge is 0.222 e. The zero-order valence-electron chi connectivity index (χ0n) is 10.1. The van der Waals surface area contributed by atoms with E-state index in [1.807, 2.05) is 11.9 Å². The van der Waals surface area contributed by atoms with Crippen molar-refractivity contribution in [2.45, 2.75) is 38.6 Å². The van der Waals surface area contributed by atoms with Crippen LogP contribution in [0.2, 0.25) is 0 Å². The third kappa shape index (κ3) is 2.84. The molecular weight excluding hydrogens is 198 g/mol. The molecule has 0 aliphatic heterocycles. The minimum atomic E-state index is 0.281. The average Bonchev–Trinajstić information content (AvgIpc) is 3.09. The summed E-state index contributed by atoms with van der Waals surface area (Å²) in [6, 6.07) is 8.92. The van der Waals surface area contributed by atoms with E-state index in [0.29, 0.717) is 12.5 Å². The molecular formula is C14H19NO. The third-order valence-electron chi connectivity index (χ3n) is 3.20. The Labute approximate surface area is 97.3 Å². The second-order valence-electron chi connectivity index (χ2n) is 4.72. The summed E-state index contributed by atoms with van der Waals surface area (Å²) in [5, 5.41) is 0. The molecule has 1 fully saturated rings. The van der Waals surface area contributed by atoms with E-state index in [2.05, 4.69) is 31.2 Å². The van der Waals surface area contributed by atoms with Crippen molar-refractivity contribution in [1.29, 1.82) is 0 Å². The number of nitrogens with zero attached hydrogens (tertiary/aromatic N) is 1. The van der Waals surface area contributed by atoms with Gasteiger partial charge >= 0.3 is 0 Å². The van der Waals surface area contributed by atoms with Crippen LogP contribution < -0.4 is 0 Å². The van der Waals surface area contributed by atoms with E-state index in [-0.39, 0.29) is 5.91 Å². The zero-order valence-corrected chi connectivity index (χ0v) is 10.1. The number of rotatable bonds is 4. The number of benzene rings is 1. The van der Waals surface area contributed by atoms with Crippen LogP contribution >= 0.6 is 0 Å². The van der Waals surface area contributed by atoms with Gasteiger partial charge in [-0.15, -0.1) is 0 Å². The van der Waals surface area contributed by atoms with Crippen molar-refractivity contribution in [2.75, 3.05) is 7.05 Å². The molecule has 16 heavy (non-hydrogen) atoms. The predicted molar refractivity (Wildman–Crippen MR) is 65.3 cm³/mol. The van der Waals surface area contributed by atoms with Gasteiger partial charge in [0.15, 0.2) is 0 Å². The van der Waals surface area contributed by atoms with Crippen molar-refractivity contribution in [2.24, 2.45) is 0 Å². The fourth-order valence-corrected chi connectivity index (χ4v) is 1.96. The van der Waals surface area contributed by atoms with Gasteiger partial charge in [-0.3, -0.25) is 4.79 Å². The first-order chi connectivity index (χ1) is 7.66. The Hall–Kier alpha value is -1.31. The lowest BCUT2D eigenvalue weighted by Gasteiger charge is -2.16. The molecule has 1 aromatic rings. The highest BCUT2D eigenvalue weighted by molar-refractivity contribution is 5.76. The van der Waals surface area contributed by atoms with Crippen molar-refractivity contribution in [3.05, 3.63) is 35.4 Å². The van der Waals surface area contributed by atoms with Gasteiger partial charge in [0.2, 0.25) is 5.91 Å². The van der Waals surface area contributed by atoms with E-state index in [4.69, 9.17) is 0 Å². The van der Waals surface area contributed by atoms with Crippen LogP contribution in [-0.4, -0.2) is 23.9 Å². The van der Waals surface area contributed by atoms with Gasteiger partial charge in [-0.05, 0) is 31.7 Å². The third-order valence-corrected chi connectivity index (χ3v) is 3.20. The van der Waals surface area contributed by atoms with Crippen molar-refractivity contribution >= 4 is 5.91 Å². The van der Waals surface area contributed by atoms with E-state index >= 15 is 0 Å². The molecule has 1 aliphatic rings. The maximum atomic E-state index is 11.8. The summed E-state index contributed by atoms with van der Waals surface area (Å²) in [5.41, 5.74) is 2.53. The van der Waals surface area contributed by atoms with Gasteiger partial charge < -0.3 is 4.90 Å². The van der Waals surface area contributed by atoms with Crippen LogP contribution in [-0.2, 0) is 11.2 Å². The number of carbonyl (C=O) groups excluding carboxylic acids is 1. The molecule has 1 aromatic carbocycles. The van der Waals surface area contributed by atoms with Crippen LogP contribution in [0.15, 0.2) is 24.3 Å². The van der Waals surface area contributed by atoms with Crippen molar-refractivity contribution in [3.63, 3.8) is 0 Å². The standard InChI is InChI=1S/C14H19NO/c1-11-4-3-5-12(10-11)6-9-14(16)15(2)13-7-8-13/h3-5,10,13H,6-9H2,1-2H3. The molecule has 0 spiro atoms. The first-order valence-electron chi connectivity index (χ1n) is 5.98. The average molecular weight is 217 g/mol. The van der Waals surface area contributed by atoms with Gasteiger partial charge in [0.25, 0.3) is 0 Å². The highest BCUT2D eigenvalue weighted by atomic mass is 16.2. The summed E-state index contributed by atoms with van der Waals surface area (Å²) >= 11 is 0. The summed E-state index contributed by atoms with van der Waals surface area (Å²) in [6.45, 7) is 2.08. The zero-order chi connectivity index (χ0) is 11.5. The van der Waals surface area contributed by atoms with Crippen molar-refractivity contribution in [1.82, 2.24) is 4.90 Å². The molecule has 2 heteroatoms. The maximum absolute atomic E-state index is 11.8. The molecule has 0 bridgehead atoms. The molecule has 86 valence electrons. The first-order valence-corrected chi connectivity index (χ1v) is 5.98. The fraction of sp³-hybridized carbons (Fsp3) is 0.500. The second kappa shape index (κ2) is 4.69. The molecule has 0 heterocycles. The quantitative estimate of drug-likeness (QED) is 0.759. The molecule has 0 aromatic heterocycles. The first kappa shape index (κ1) is 11.2. The molecule has 1 aliphatic carbocycles. The molecule has 0 N–H and O–H groups in total. The largest absolute Gasteiger partial charge is 0.343 e. The summed E-state index contributed by atoms with van der Waals surface area (Å²) in [5.74, 6) is 0.281. The second-order valence-corrected chi connectivity index (χ2v) is 4.72. The van der Waals surface area contributed by atoms with E-state index in [1.165, 1.54) is 24.0 Å². The Morgan fingerprint density at radius 3 is 2.81 bits per heavy atom. The molecule has 0 unspecified atom stereocenters. The Morgan fingerprint density at radius 1 is 1.44 bits per heavy atom. The molecule has 2 rings (SSSR count). The van der Waals surface area contributed by atoms with Gasteiger partial charge in [0, 0.05) is 19.5 Å². The number of amides is 1. The SMILES string of the molecule is Cc1cccc(CCC(=O)N(C)C2CC2)c1. The summed E-state index contributed by atoms with van der Waals surface area (Å²) in [7, 11) is 1.93. The van der Waals surface area contributed by atoms with Crippen molar-refractivity contribution in [3.8, 4) is 0 Å². The van der Waals surface area contributed by atoms with Gasteiger partial charge in [-0.2, -0.15) is 0 Å². The molecule has 2 nitrogen and oxygen atoms in total. The molecule has 0 atom stereocenters. The Balaban J connectivity index is 1.84. The van der Waals surface area contributed by atoms with Gasteiger partial charge in [-0.1, -0.05) is 29.8 Å². The predicted octanol–water partition coefficient (Wildman–Crippen LogP) is 2.55. The summed E-state index contributed by atoms with van der Waals surface area (Å²) < 4.78 is 0. The van der Waals surface area contributed by atoms with Gasteiger partial charge in [-0.25, -0.2) is 0 Å². The van der Waals surface area contributed by atoms with Crippen LogP contribution in [0, 0.1) is 6.92 Å². The molecule has 0 saturated heterocycles. The minimum absolute atomic E-state index is 0.281. The van der Waals surface area contributed by atoms with Crippen LogP contribution in [0.5, 0.6) is 0 Å². The van der Waals surface area contributed by atoms with Crippen LogP contribution in [0.25, 0.3) is 0 Å². The highest BCUT2D eigenvalue weighted by Gasteiger charge is 2.28. The maximum Gasteiger partial charge on any atom is 0.222 e. The van der Waals surface area contributed by atoms with E-state index in [0.717, 1.165) is 6.42 Å². The number of carbonyl (C=O) groups is 1. The lowest BCUT2D eigenvalue weighted by Crippen LogP contribution is -2.28. The highest BCUT2D eigenvalue weighted by Crippen LogP contribution is 2.25. The summed E-state index contributed by atoms with van der Waals surface area (Å²) in [6.07, 6.45) is 3.87. The Bertz CT molecular complexity index is 382. The van der Waals surface area contributed by atoms with Gasteiger partial charge in [0.1, 0.15) is 0 Å².